The van der Waals surface area contributed by atoms with Gasteiger partial charge >= 0.3 is 0 Å². The van der Waals surface area contributed by atoms with Crippen LogP contribution in [0.2, 0.25) is 0 Å². The quantitative estimate of drug-likeness (QED) is 0.774. The number of carbonyl (C=O) groups excluding carboxylic acids is 1. The van der Waals surface area contributed by atoms with Gasteiger partial charge in [-0.1, -0.05) is 30.3 Å². The number of hydrogen-bond acceptors (Lipinski definition) is 6. The van der Waals surface area contributed by atoms with E-state index >= 15 is 0 Å². The smallest absolute Gasteiger partial charge is 0.256 e. The lowest BCUT2D eigenvalue weighted by Crippen LogP contribution is -2.47. The molecule has 3 heterocycles. The molecule has 1 amide bonds. The van der Waals surface area contributed by atoms with Crippen LogP contribution in [0.25, 0.3) is 0 Å². The largest absolute Gasteiger partial charge is 0.347 e. The van der Waals surface area contributed by atoms with Gasteiger partial charge in [0.25, 0.3) is 5.91 Å². The van der Waals surface area contributed by atoms with E-state index in [1.165, 1.54) is 5.56 Å². The van der Waals surface area contributed by atoms with Gasteiger partial charge in [-0.25, -0.2) is 9.97 Å². The van der Waals surface area contributed by atoms with Crippen molar-refractivity contribution in [2.75, 3.05) is 31.2 Å². The topological polar surface area (TPSA) is 67.8 Å². The van der Waals surface area contributed by atoms with Gasteiger partial charge in [-0.15, -0.1) is 0 Å². The molecule has 2 aliphatic rings. The molecule has 2 fully saturated rings. The highest BCUT2D eigenvalue weighted by Gasteiger charge is 2.40. The first-order chi connectivity index (χ1) is 14.1. The summed E-state index contributed by atoms with van der Waals surface area (Å²) in [7, 11) is 0. The van der Waals surface area contributed by atoms with Crippen LogP contribution in [0.4, 0.5) is 5.95 Å². The third-order valence-electron chi connectivity index (χ3n) is 5.59. The fourth-order valence-electron chi connectivity index (χ4n) is 3.86. The highest BCUT2D eigenvalue weighted by Crippen LogP contribution is 2.31. The lowest BCUT2D eigenvalue weighted by Gasteiger charge is -2.37. The number of ether oxygens (including phenoxy) is 2. The van der Waals surface area contributed by atoms with E-state index in [0.717, 1.165) is 6.54 Å². The fourth-order valence-corrected chi connectivity index (χ4v) is 3.86. The molecule has 1 aromatic carbocycles. The predicted octanol–water partition coefficient (Wildman–Crippen LogP) is 2.87. The van der Waals surface area contributed by atoms with Crippen LogP contribution in [0.15, 0.2) is 42.7 Å². The van der Waals surface area contributed by atoms with E-state index in [1.54, 1.807) is 12.4 Å². The maximum Gasteiger partial charge on any atom is 0.256 e. The van der Waals surface area contributed by atoms with E-state index in [0.29, 0.717) is 50.7 Å². The Morgan fingerprint density at radius 2 is 1.72 bits per heavy atom. The summed E-state index contributed by atoms with van der Waals surface area (Å²) in [5.74, 6) is 0.112. The zero-order valence-electron chi connectivity index (χ0n) is 17.1. The van der Waals surface area contributed by atoms with Crippen molar-refractivity contribution in [2.24, 2.45) is 0 Å². The Balaban J connectivity index is 1.42. The number of amides is 1. The van der Waals surface area contributed by atoms with Crippen molar-refractivity contribution in [3.05, 3.63) is 53.9 Å². The molecule has 2 saturated heterocycles. The summed E-state index contributed by atoms with van der Waals surface area (Å²) in [6.45, 7) is 7.46. The second-order valence-corrected chi connectivity index (χ2v) is 7.88. The second-order valence-electron chi connectivity index (χ2n) is 7.88. The first-order valence-electron chi connectivity index (χ1n) is 10.3. The van der Waals surface area contributed by atoms with Gasteiger partial charge in [0.1, 0.15) is 0 Å². The number of piperidine rings is 1. The van der Waals surface area contributed by atoms with Gasteiger partial charge in [0.05, 0.1) is 18.8 Å². The van der Waals surface area contributed by atoms with Crippen LogP contribution in [0.1, 0.15) is 42.6 Å². The number of nitrogens with zero attached hydrogens (tertiary/aromatic N) is 4. The summed E-state index contributed by atoms with van der Waals surface area (Å²) < 4.78 is 11.5. The van der Waals surface area contributed by atoms with Gasteiger partial charge in [0.2, 0.25) is 5.95 Å². The van der Waals surface area contributed by atoms with Gasteiger partial charge in [-0.05, 0) is 19.4 Å². The molecule has 2 aromatic rings. The Bertz CT molecular complexity index is 810. The van der Waals surface area contributed by atoms with E-state index < -0.39 is 5.79 Å². The average molecular weight is 396 g/mol. The highest BCUT2D eigenvalue weighted by atomic mass is 16.7. The van der Waals surface area contributed by atoms with E-state index in [-0.39, 0.29) is 11.9 Å². The number of likely N-dealkylation sites (tertiary alicyclic amines) is 1. The van der Waals surface area contributed by atoms with Crippen molar-refractivity contribution < 1.29 is 14.3 Å². The standard InChI is InChI=1S/C22H28N4O3/c1-17(2)26(16-18-6-4-3-5-7-18)21-23-14-19(15-24-21)20(27)25-10-8-22(9-11-25)28-12-13-29-22/h3-7,14-15,17H,8-13,16H2,1-2H3. The summed E-state index contributed by atoms with van der Waals surface area (Å²) in [6, 6.07) is 10.5. The maximum atomic E-state index is 12.9. The molecule has 7 heteroatoms. The average Bonchev–Trinajstić information content (AvgIpc) is 3.21. The lowest BCUT2D eigenvalue weighted by molar-refractivity contribution is -0.181. The van der Waals surface area contributed by atoms with E-state index in [1.807, 2.05) is 23.1 Å². The summed E-state index contributed by atoms with van der Waals surface area (Å²) in [5.41, 5.74) is 1.71. The monoisotopic (exact) mass is 396 g/mol. The molecule has 0 unspecified atom stereocenters. The maximum absolute atomic E-state index is 12.9. The Kier molecular flexibility index (Phi) is 5.78. The number of hydrogen-bond donors (Lipinski definition) is 0. The summed E-state index contributed by atoms with van der Waals surface area (Å²) in [6.07, 6.45) is 4.68. The molecule has 7 nitrogen and oxygen atoms in total. The summed E-state index contributed by atoms with van der Waals surface area (Å²) in [4.78, 5) is 25.8. The molecular weight excluding hydrogens is 368 g/mol. The third kappa shape index (κ3) is 4.41. The van der Waals surface area contributed by atoms with Crippen molar-refractivity contribution in [3.8, 4) is 0 Å². The molecule has 154 valence electrons. The molecule has 0 saturated carbocycles. The van der Waals surface area contributed by atoms with Crippen LogP contribution in [-0.4, -0.2) is 58.9 Å². The second kappa shape index (κ2) is 8.47. The highest BCUT2D eigenvalue weighted by molar-refractivity contribution is 5.93. The van der Waals surface area contributed by atoms with Crippen LogP contribution in [0.3, 0.4) is 0 Å². The molecule has 1 spiro atoms. The van der Waals surface area contributed by atoms with Crippen LogP contribution in [0.5, 0.6) is 0 Å². The molecule has 0 N–H and O–H groups in total. The Hall–Kier alpha value is -2.51. The number of anilines is 1. The van der Waals surface area contributed by atoms with Crippen molar-refractivity contribution in [1.29, 1.82) is 0 Å². The van der Waals surface area contributed by atoms with Gasteiger partial charge in [-0.2, -0.15) is 0 Å². The Morgan fingerprint density at radius 1 is 1.10 bits per heavy atom. The minimum Gasteiger partial charge on any atom is -0.347 e. The van der Waals surface area contributed by atoms with E-state index in [4.69, 9.17) is 9.47 Å². The van der Waals surface area contributed by atoms with Crippen LogP contribution < -0.4 is 4.90 Å². The molecular formula is C22H28N4O3. The zero-order chi connectivity index (χ0) is 20.3. The number of benzene rings is 1. The van der Waals surface area contributed by atoms with Crippen LogP contribution in [0, 0.1) is 0 Å². The lowest BCUT2D eigenvalue weighted by atomic mass is 10.0. The van der Waals surface area contributed by atoms with Crippen molar-refractivity contribution in [3.63, 3.8) is 0 Å². The zero-order valence-corrected chi connectivity index (χ0v) is 17.1. The van der Waals surface area contributed by atoms with Crippen LogP contribution in [-0.2, 0) is 16.0 Å². The first kappa shape index (κ1) is 19.8. The number of rotatable bonds is 5. The molecule has 0 aliphatic carbocycles. The van der Waals surface area contributed by atoms with Crippen LogP contribution >= 0.6 is 0 Å². The number of aromatic nitrogens is 2. The van der Waals surface area contributed by atoms with Gasteiger partial charge < -0.3 is 19.3 Å². The van der Waals surface area contributed by atoms with Gasteiger partial charge in [0, 0.05) is 50.9 Å². The normalized spacial score (nSPS) is 18.4. The van der Waals surface area contributed by atoms with E-state index in [2.05, 4.69) is 40.8 Å². The predicted molar refractivity (Wildman–Crippen MR) is 110 cm³/mol. The third-order valence-corrected chi connectivity index (χ3v) is 5.59. The van der Waals surface area contributed by atoms with Crippen molar-refractivity contribution in [1.82, 2.24) is 14.9 Å². The Labute approximate surface area is 171 Å². The minimum absolute atomic E-state index is 0.0384. The summed E-state index contributed by atoms with van der Waals surface area (Å²) >= 11 is 0. The van der Waals surface area contributed by atoms with Crippen molar-refractivity contribution >= 4 is 11.9 Å². The van der Waals surface area contributed by atoms with Crippen molar-refractivity contribution in [2.45, 2.75) is 45.1 Å². The van der Waals surface area contributed by atoms with Gasteiger partial charge in [-0.3, -0.25) is 4.79 Å². The fraction of sp³-hybridized carbons (Fsp3) is 0.500. The molecule has 1 aromatic heterocycles. The molecule has 29 heavy (non-hydrogen) atoms. The molecule has 2 aliphatic heterocycles. The molecule has 0 atom stereocenters. The molecule has 0 bridgehead atoms. The van der Waals surface area contributed by atoms with E-state index in [9.17, 15) is 4.79 Å². The number of carbonyl (C=O) groups is 1. The molecule has 0 radical (unpaired) electrons. The Morgan fingerprint density at radius 3 is 2.31 bits per heavy atom. The van der Waals surface area contributed by atoms with Gasteiger partial charge in [0.15, 0.2) is 5.79 Å². The first-order valence-corrected chi connectivity index (χ1v) is 10.3. The molecule has 4 rings (SSSR count). The SMILES string of the molecule is CC(C)N(Cc1ccccc1)c1ncc(C(=O)N2CCC3(CC2)OCCO3)cn1. The summed E-state index contributed by atoms with van der Waals surface area (Å²) in [5, 5.41) is 0. The minimum atomic E-state index is -0.480.